The van der Waals surface area contributed by atoms with E-state index in [-0.39, 0.29) is 18.0 Å². The fraction of sp³-hybridized carbons (Fsp3) is 0.333. The summed E-state index contributed by atoms with van der Waals surface area (Å²) in [7, 11) is 0. The molecular weight excluding hydrogens is 278 g/mol. The number of benzene rings is 1. The molecule has 0 radical (unpaired) electrons. The first-order chi connectivity index (χ1) is 9.99. The summed E-state index contributed by atoms with van der Waals surface area (Å²) in [6.07, 6.45) is 0.173. The number of aryl methyl sites for hydroxylation is 2. The second kappa shape index (κ2) is 6.47. The second-order valence-electron chi connectivity index (χ2n) is 4.60. The molecule has 0 atom stereocenters. The molecule has 112 valence electrons. The van der Waals surface area contributed by atoms with Crippen molar-refractivity contribution in [1.82, 2.24) is 9.78 Å². The van der Waals surface area contributed by atoms with Crippen LogP contribution in [0.15, 0.2) is 30.3 Å². The molecule has 1 aromatic heterocycles. The number of nitrogens with zero attached hydrogens (tertiary/aromatic N) is 2. The van der Waals surface area contributed by atoms with Gasteiger partial charge in [-0.25, -0.2) is 0 Å². The minimum Gasteiger partial charge on any atom is -0.435 e. The molecule has 0 aliphatic heterocycles. The van der Waals surface area contributed by atoms with Crippen molar-refractivity contribution in [3.05, 3.63) is 47.3 Å². The van der Waals surface area contributed by atoms with Crippen LogP contribution in [0.2, 0.25) is 0 Å². The molecule has 0 aliphatic carbocycles. The Morgan fingerprint density at radius 3 is 2.81 bits per heavy atom. The number of ether oxygens (including phenoxy) is 1. The number of hydrogen-bond donors (Lipinski definition) is 0. The highest BCUT2D eigenvalue weighted by molar-refractivity contribution is 5.97. The predicted octanol–water partition coefficient (Wildman–Crippen LogP) is 3.24. The first-order valence-corrected chi connectivity index (χ1v) is 6.61. The number of ketones is 1. The SMILES string of the molecule is CCn1nc(C)cc1CC(=O)c1cccc(OC(F)F)c1. The van der Waals surface area contributed by atoms with Gasteiger partial charge in [0.1, 0.15) is 5.75 Å². The van der Waals surface area contributed by atoms with Crippen LogP contribution in [0.3, 0.4) is 0 Å². The summed E-state index contributed by atoms with van der Waals surface area (Å²) in [6, 6.07) is 7.67. The van der Waals surface area contributed by atoms with Gasteiger partial charge in [-0.1, -0.05) is 12.1 Å². The van der Waals surface area contributed by atoms with E-state index in [1.807, 2.05) is 19.9 Å². The first kappa shape index (κ1) is 15.2. The maximum absolute atomic E-state index is 12.2. The summed E-state index contributed by atoms with van der Waals surface area (Å²) in [4.78, 5) is 12.2. The minimum atomic E-state index is -2.90. The highest BCUT2D eigenvalue weighted by Gasteiger charge is 2.13. The van der Waals surface area contributed by atoms with E-state index in [0.29, 0.717) is 12.1 Å². The second-order valence-corrected chi connectivity index (χ2v) is 4.60. The van der Waals surface area contributed by atoms with Crippen LogP contribution in [0, 0.1) is 6.92 Å². The summed E-state index contributed by atoms with van der Waals surface area (Å²) < 4.78 is 30.4. The molecule has 0 fully saturated rings. The molecule has 0 saturated carbocycles. The van der Waals surface area contributed by atoms with Gasteiger partial charge in [0.05, 0.1) is 12.1 Å². The maximum Gasteiger partial charge on any atom is 0.387 e. The van der Waals surface area contributed by atoms with Gasteiger partial charge in [0.2, 0.25) is 0 Å². The van der Waals surface area contributed by atoms with Crippen LogP contribution in [-0.2, 0) is 13.0 Å². The number of Topliss-reactive ketones (excluding diaryl/α,β-unsaturated/α-hetero) is 1. The number of alkyl halides is 2. The molecule has 0 aliphatic rings. The molecule has 0 unspecified atom stereocenters. The van der Waals surface area contributed by atoms with Crippen molar-refractivity contribution in [2.24, 2.45) is 0 Å². The Bertz CT molecular complexity index is 638. The summed E-state index contributed by atoms with van der Waals surface area (Å²) in [6.45, 7) is 1.57. The quantitative estimate of drug-likeness (QED) is 0.768. The largest absolute Gasteiger partial charge is 0.435 e. The lowest BCUT2D eigenvalue weighted by Gasteiger charge is -2.07. The Kier molecular flexibility index (Phi) is 4.67. The topological polar surface area (TPSA) is 44.1 Å². The average Bonchev–Trinajstić information content (AvgIpc) is 2.78. The molecule has 0 amide bonds. The van der Waals surface area contributed by atoms with E-state index in [2.05, 4.69) is 9.84 Å². The van der Waals surface area contributed by atoms with Crippen molar-refractivity contribution in [3.63, 3.8) is 0 Å². The first-order valence-electron chi connectivity index (χ1n) is 6.61. The highest BCUT2D eigenvalue weighted by atomic mass is 19.3. The zero-order chi connectivity index (χ0) is 15.4. The number of rotatable bonds is 6. The van der Waals surface area contributed by atoms with E-state index >= 15 is 0 Å². The molecule has 0 spiro atoms. The van der Waals surface area contributed by atoms with Crippen LogP contribution in [0.4, 0.5) is 8.78 Å². The van der Waals surface area contributed by atoms with Crippen LogP contribution in [-0.4, -0.2) is 22.2 Å². The van der Waals surface area contributed by atoms with Crippen molar-refractivity contribution >= 4 is 5.78 Å². The Morgan fingerprint density at radius 2 is 2.14 bits per heavy atom. The van der Waals surface area contributed by atoms with E-state index in [0.717, 1.165) is 11.4 Å². The van der Waals surface area contributed by atoms with Gasteiger partial charge in [-0.15, -0.1) is 0 Å². The average molecular weight is 294 g/mol. The Labute approximate surface area is 121 Å². The molecule has 2 aromatic rings. The summed E-state index contributed by atoms with van der Waals surface area (Å²) in [5, 5.41) is 4.27. The van der Waals surface area contributed by atoms with Crippen molar-refractivity contribution in [2.75, 3.05) is 0 Å². The molecule has 4 nitrogen and oxygen atoms in total. The zero-order valence-electron chi connectivity index (χ0n) is 11.8. The van der Waals surface area contributed by atoms with E-state index in [4.69, 9.17) is 0 Å². The smallest absolute Gasteiger partial charge is 0.387 e. The van der Waals surface area contributed by atoms with Gasteiger partial charge in [-0.05, 0) is 32.0 Å². The van der Waals surface area contributed by atoms with Crippen molar-refractivity contribution in [1.29, 1.82) is 0 Å². The van der Waals surface area contributed by atoms with E-state index in [1.54, 1.807) is 10.7 Å². The van der Waals surface area contributed by atoms with E-state index < -0.39 is 6.61 Å². The highest BCUT2D eigenvalue weighted by Crippen LogP contribution is 2.18. The molecule has 2 rings (SSSR count). The number of hydrogen-bond acceptors (Lipinski definition) is 3. The molecule has 6 heteroatoms. The van der Waals surface area contributed by atoms with Crippen LogP contribution in [0.1, 0.15) is 28.7 Å². The van der Waals surface area contributed by atoms with Crippen LogP contribution in [0.25, 0.3) is 0 Å². The minimum absolute atomic E-state index is 0.0176. The monoisotopic (exact) mass is 294 g/mol. The van der Waals surface area contributed by atoms with E-state index in [1.165, 1.54) is 18.2 Å². The zero-order valence-corrected chi connectivity index (χ0v) is 11.8. The number of carbonyl (C=O) groups excluding carboxylic acids is 1. The van der Waals surface area contributed by atoms with Crippen LogP contribution >= 0.6 is 0 Å². The van der Waals surface area contributed by atoms with Gasteiger partial charge in [0, 0.05) is 17.8 Å². The molecule has 1 aromatic carbocycles. The van der Waals surface area contributed by atoms with Gasteiger partial charge in [-0.2, -0.15) is 13.9 Å². The third kappa shape index (κ3) is 3.87. The lowest BCUT2D eigenvalue weighted by atomic mass is 10.1. The van der Waals surface area contributed by atoms with Crippen molar-refractivity contribution in [3.8, 4) is 5.75 Å². The molecular formula is C15H16F2N2O2. The predicted molar refractivity (Wildman–Crippen MR) is 73.7 cm³/mol. The maximum atomic E-state index is 12.2. The van der Waals surface area contributed by atoms with E-state index in [9.17, 15) is 13.6 Å². The van der Waals surface area contributed by atoms with Crippen molar-refractivity contribution in [2.45, 2.75) is 33.4 Å². The summed E-state index contributed by atoms with van der Waals surface area (Å²) in [5.41, 5.74) is 1.99. The number of halogens is 2. The third-order valence-corrected chi connectivity index (χ3v) is 3.01. The van der Waals surface area contributed by atoms with Gasteiger partial charge >= 0.3 is 6.61 Å². The van der Waals surface area contributed by atoms with Gasteiger partial charge in [0.25, 0.3) is 0 Å². The fourth-order valence-corrected chi connectivity index (χ4v) is 2.13. The van der Waals surface area contributed by atoms with Gasteiger partial charge in [-0.3, -0.25) is 9.48 Å². The standard InChI is InChI=1S/C15H16F2N2O2/c1-3-19-12(7-10(2)18-19)9-14(20)11-5-4-6-13(8-11)21-15(16)17/h4-8,15H,3,9H2,1-2H3. The van der Waals surface area contributed by atoms with Crippen molar-refractivity contribution < 1.29 is 18.3 Å². The lowest BCUT2D eigenvalue weighted by Crippen LogP contribution is -2.10. The number of carbonyl (C=O) groups is 1. The summed E-state index contributed by atoms with van der Waals surface area (Å²) in [5.74, 6) is -0.180. The Morgan fingerprint density at radius 1 is 1.38 bits per heavy atom. The third-order valence-electron chi connectivity index (χ3n) is 3.01. The molecule has 1 heterocycles. The molecule has 0 saturated heterocycles. The normalized spacial score (nSPS) is 10.9. The molecule has 21 heavy (non-hydrogen) atoms. The Hall–Kier alpha value is -2.24. The van der Waals surface area contributed by atoms with Gasteiger partial charge in [0.15, 0.2) is 5.78 Å². The lowest BCUT2D eigenvalue weighted by molar-refractivity contribution is -0.0498. The van der Waals surface area contributed by atoms with Crippen LogP contribution in [0.5, 0.6) is 5.75 Å². The van der Waals surface area contributed by atoms with Gasteiger partial charge < -0.3 is 4.74 Å². The molecule has 0 N–H and O–H groups in total. The number of aromatic nitrogens is 2. The van der Waals surface area contributed by atoms with Crippen LogP contribution < -0.4 is 4.74 Å². The molecule has 0 bridgehead atoms. The summed E-state index contributed by atoms with van der Waals surface area (Å²) >= 11 is 0. The fourth-order valence-electron chi connectivity index (χ4n) is 2.13. The Balaban J connectivity index is 2.16.